The average molecular weight is 262 g/mol. The number of hydrogen-bond donors (Lipinski definition) is 2. The topological polar surface area (TPSA) is 97.5 Å². The van der Waals surface area contributed by atoms with Crippen LogP contribution in [0.5, 0.6) is 0 Å². The lowest BCUT2D eigenvalue weighted by atomic mass is 10.4. The Labute approximate surface area is 99.2 Å². The summed E-state index contributed by atoms with van der Waals surface area (Å²) in [5.41, 5.74) is 0.0830. The molecule has 0 atom stereocenters. The highest BCUT2D eigenvalue weighted by molar-refractivity contribution is 7.89. The molecule has 2 N–H and O–H groups in total. The number of carbonyl (C=O) groups is 1. The van der Waals surface area contributed by atoms with Crippen molar-refractivity contribution >= 4 is 16.0 Å². The molecule has 0 aliphatic rings. The quantitative estimate of drug-likeness (QED) is 0.543. The third kappa shape index (κ3) is 3.55. The normalized spacial score (nSPS) is 11.4. The number of aromatic nitrogens is 1. The minimum absolute atomic E-state index is 0.0194. The van der Waals surface area contributed by atoms with Crippen molar-refractivity contribution in [1.82, 2.24) is 9.71 Å². The Morgan fingerprint density at radius 2 is 2.18 bits per heavy atom. The fourth-order valence-electron chi connectivity index (χ4n) is 1.12. The summed E-state index contributed by atoms with van der Waals surface area (Å²) in [4.78, 5) is 13.6. The Morgan fingerprint density at radius 3 is 2.76 bits per heavy atom. The molecule has 17 heavy (non-hydrogen) atoms. The molecule has 1 rings (SSSR count). The highest BCUT2D eigenvalue weighted by Crippen LogP contribution is 2.10. The smallest absolute Gasteiger partial charge is 0.354 e. The van der Waals surface area contributed by atoms with E-state index in [4.69, 9.17) is 4.74 Å². The summed E-state index contributed by atoms with van der Waals surface area (Å²) >= 11 is 0. The number of hydrogen-bond acceptors (Lipinski definition) is 5. The van der Waals surface area contributed by atoms with Crippen molar-refractivity contribution < 1.29 is 22.7 Å². The lowest BCUT2D eigenvalue weighted by Gasteiger charge is -2.03. The summed E-state index contributed by atoms with van der Waals surface area (Å²) in [5.74, 6) is -0.622. The van der Waals surface area contributed by atoms with Crippen LogP contribution in [0.1, 0.15) is 10.5 Å². The van der Waals surface area contributed by atoms with Crippen molar-refractivity contribution in [2.24, 2.45) is 0 Å². The fraction of sp³-hybridized carbons (Fsp3) is 0.444. The molecule has 0 aromatic carbocycles. The van der Waals surface area contributed by atoms with E-state index < -0.39 is 16.0 Å². The minimum atomic E-state index is -3.62. The summed E-state index contributed by atoms with van der Waals surface area (Å²) in [6.45, 7) is 0.436. The van der Waals surface area contributed by atoms with Gasteiger partial charge in [0.15, 0.2) is 0 Å². The van der Waals surface area contributed by atoms with Crippen molar-refractivity contribution in [1.29, 1.82) is 0 Å². The van der Waals surface area contributed by atoms with E-state index in [1.807, 2.05) is 0 Å². The molecule has 1 aromatic rings. The molecule has 1 aromatic heterocycles. The zero-order valence-corrected chi connectivity index (χ0v) is 10.3. The molecule has 8 heteroatoms. The van der Waals surface area contributed by atoms with Crippen LogP contribution in [0.4, 0.5) is 0 Å². The average Bonchev–Trinajstić information content (AvgIpc) is 2.78. The van der Waals surface area contributed by atoms with Gasteiger partial charge >= 0.3 is 5.97 Å². The molecule has 0 aliphatic carbocycles. The molecule has 0 spiro atoms. The van der Waals surface area contributed by atoms with E-state index in [1.54, 1.807) is 0 Å². The first-order chi connectivity index (χ1) is 8.01. The molecule has 0 radical (unpaired) electrons. The van der Waals surface area contributed by atoms with Crippen LogP contribution >= 0.6 is 0 Å². The van der Waals surface area contributed by atoms with Gasteiger partial charge in [-0.05, 0) is 6.07 Å². The summed E-state index contributed by atoms with van der Waals surface area (Å²) in [6, 6.07) is 1.21. The maximum atomic E-state index is 11.7. The molecule has 0 amide bonds. The van der Waals surface area contributed by atoms with Crippen LogP contribution in [-0.4, -0.2) is 46.7 Å². The van der Waals surface area contributed by atoms with Gasteiger partial charge in [-0.15, -0.1) is 0 Å². The second-order valence-corrected chi connectivity index (χ2v) is 4.90. The first-order valence-corrected chi connectivity index (χ1v) is 6.25. The number of rotatable bonds is 6. The van der Waals surface area contributed by atoms with Gasteiger partial charge in [-0.25, -0.2) is 17.9 Å². The first kappa shape index (κ1) is 13.7. The van der Waals surface area contributed by atoms with E-state index in [9.17, 15) is 13.2 Å². The highest BCUT2D eigenvalue weighted by atomic mass is 32.2. The number of methoxy groups -OCH3 is 2. The zero-order chi connectivity index (χ0) is 12.9. The molecule has 1 heterocycles. The van der Waals surface area contributed by atoms with Crippen molar-refractivity contribution in [2.75, 3.05) is 27.4 Å². The molecule has 0 unspecified atom stereocenters. The Kier molecular flexibility index (Phi) is 4.67. The van der Waals surface area contributed by atoms with E-state index in [1.165, 1.54) is 26.5 Å². The Bertz CT molecular complexity index is 479. The number of ether oxygens (including phenoxy) is 2. The van der Waals surface area contributed by atoms with Crippen LogP contribution in [0.25, 0.3) is 0 Å². The van der Waals surface area contributed by atoms with Gasteiger partial charge in [0.25, 0.3) is 0 Å². The van der Waals surface area contributed by atoms with Gasteiger partial charge in [0.2, 0.25) is 10.0 Å². The minimum Gasteiger partial charge on any atom is -0.464 e. The van der Waals surface area contributed by atoms with Crippen molar-refractivity contribution in [3.05, 3.63) is 18.0 Å². The fourth-order valence-corrected chi connectivity index (χ4v) is 2.12. The van der Waals surface area contributed by atoms with Crippen LogP contribution in [0, 0.1) is 0 Å². The van der Waals surface area contributed by atoms with Crippen LogP contribution < -0.4 is 4.72 Å². The second-order valence-electron chi connectivity index (χ2n) is 3.13. The number of nitrogens with one attached hydrogen (secondary N) is 2. The van der Waals surface area contributed by atoms with E-state index in [2.05, 4.69) is 14.4 Å². The van der Waals surface area contributed by atoms with Gasteiger partial charge < -0.3 is 14.5 Å². The summed E-state index contributed by atoms with van der Waals surface area (Å²) in [5, 5.41) is 0. The van der Waals surface area contributed by atoms with Crippen LogP contribution in [0.2, 0.25) is 0 Å². The number of aromatic amines is 1. The number of carbonyl (C=O) groups excluding carboxylic acids is 1. The molecular weight excluding hydrogens is 248 g/mol. The summed E-state index contributed by atoms with van der Waals surface area (Å²) in [7, 11) is -0.934. The Hall–Kier alpha value is -1.38. The number of sulfonamides is 1. The zero-order valence-electron chi connectivity index (χ0n) is 9.52. The lowest BCUT2D eigenvalue weighted by molar-refractivity contribution is 0.0595. The molecule has 0 bridgehead atoms. The van der Waals surface area contributed by atoms with Crippen molar-refractivity contribution in [2.45, 2.75) is 4.90 Å². The predicted octanol–water partition coefficient (Wildman–Crippen LogP) is -0.274. The van der Waals surface area contributed by atoms with Crippen molar-refractivity contribution in [3.63, 3.8) is 0 Å². The monoisotopic (exact) mass is 262 g/mol. The molecule has 0 aliphatic heterocycles. The van der Waals surface area contributed by atoms with Gasteiger partial charge in [-0.3, -0.25) is 0 Å². The molecule has 0 fully saturated rings. The van der Waals surface area contributed by atoms with Crippen molar-refractivity contribution in [3.8, 4) is 0 Å². The Morgan fingerprint density at radius 1 is 1.47 bits per heavy atom. The molecule has 0 saturated carbocycles. The third-order valence-corrected chi connectivity index (χ3v) is 3.41. The van der Waals surface area contributed by atoms with Gasteiger partial charge in [-0.2, -0.15) is 0 Å². The van der Waals surface area contributed by atoms with E-state index in [0.29, 0.717) is 0 Å². The maximum Gasteiger partial charge on any atom is 0.354 e. The van der Waals surface area contributed by atoms with Crippen LogP contribution in [0.3, 0.4) is 0 Å². The number of esters is 1. The summed E-state index contributed by atoms with van der Waals surface area (Å²) in [6.07, 6.45) is 1.22. The van der Waals surface area contributed by atoms with Crippen LogP contribution in [-0.2, 0) is 19.5 Å². The van der Waals surface area contributed by atoms with Gasteiger partial charge in [0, 0.05) is 19.9 Å². The predicted molar refractivity (Wildman–Crippen MR) is 59.2 cm³/mol. The van der Waals surface area contributed by atoms with E-state index in [-0.39, 0.29) is 23.7 Å². The maximum absolute atomic E-state index is 11.7. The van der Waals surface area contributed by atoms with E-state index >= 15 is 0 Å². The summed E-state index contributed by atoms with van der Waals surface area (Å²) < 4.78 is 34.9. The molecule has 0 saturated heterocycles. The molecule has 7 nitrogen and oxygen atoms in total. The lowest BCUT2D eigenvalue weighted by Crippen LogP contribution is -2.26. The second kappa shape index (κ2) is 5.80. The molecule has 96 valence electrons. The Balaban J connectivity index is 2.78. The largest absolute Gasteiger partial charge is 0.464 e. The van der Waals surface area contributed by atoms with Gasteiger partial charge in [-0.1, -0.05) is 0 Å². The third-order valence-electron chi connectivity index (χ3n) is 1.97. The molecular formula is C9H14N2O5S. The van der Waals surface area contributed by atoms with Gasteiger partial charge in [0.05, 0.1) is 13.7 Å². The SMILES string of the molecule is COCCNS(=O)(=O)c1c[nH]c(C(=O)OC)c1. The van der Waals surface area contributed by atoms with Gasteiger partial charge in [0.1, 0.15) is 10.6 Å². The van der Waals surface area contributed by atoms with Crippen LogP contribution in [0.15, 0.2) is 17.2 Å². The number of H-pyrrole nitrogens is 1. The standard InChI is InChI=1S/C9H14N2O5S/c1-15-4-3-11-17(13,14)7-5-8(10-6-7)9(12)16-2/h5-6,10-11H,3-4H2,1-2H3. The first-order valence-electron chi connectivity index (χ1n) is 4.76. The van der Waals surface area contributed by atoms with E-state index in [0.717, 1.165) is 0 Å². The highest BCUT2D eigenvalue weighted by Gasteiger charge is 2.18.